The fraction of sp³-hybridized carbons (Fsp3) is 0.267. The van der Waals surface area contributed by atoms with Gasteiger partial charge in [-0.3, -0.25) is 4.79 Å². The number of rotatable bonds is 2. The van der Waals surface area contributed by atoms with E-state index in [0.717, 1.165) is 19.2 Å². The van der Waals surface area contributed by atoms with Crippen LogP contribution in [0.25, 0.3) is 5.69 Å². The molecule has 12 heteroatoms. The molecule has 2 aromatic rings. The maximum absolute atomic E-state index is 13.5. The minimum atomic E-state index is -4.89. The molecule has 0 unspecified atom stereocenters. The highest BCUT2D eigenvalue weighted by Gasteiger charge is 2.38. The summed E-state index contributed by atoms with van der Waals surface area (Å²) in [5.74, 6) is -0.822. The van der Waals surface area contributed by atoms with E-state index in [2.05, 4.69) is 15.6 Å². The lowest BCUT2D eigenvalue weighted by molar-refractivity contribution is -0.141. The average molecular weight is 392 g/mol. The minimum Gasteiger partial charge on any atom is -0.466 e. The first-order chi connectivity index (χ1) is 12.5. The molecule has 0 aliphatic carbocycles. The van der Waals surface area contributed by atoms with Crippen LogP contribution < -0.4 is 5.43 Å². The van der Waals surface area contributed by atoms with Gasteiger partial charge in [-0.25, -0.2) is 10.1 Å². The fourth-order valence-corrected chi connectivity index (χ4v) is 2.42. The van der Waals surface area contributed by atoms with Gasteiger partial charge in [0.25, 0.3) is 5.91 Å². The fourth-order valence-electron chi connectivity index (χ4n) is 2.42. The van der Waals surface area contributed by atoms with E-state index in [4.69, 9.17) is 4.74 Å². The number of halogens is 6. The van der Waals surface area contributed by atoms with Gasteiger partial charge >= 0.3 is 12.4 Å². The normalized spacial score (nSPS) is 15.2. The Morgan fingerprint density at radius 1 is 1.15 bits per heavy atom. The molecule has 1 aliphatic heterocycles. The van der Waals surface area contributed by atoms with Gasteiger partial charge in [0.2, 0.25) is 5.90 Å². The van der Waals surface area contributed by atoms with Gasteiger partial charge in [0, 0.05) is 11.8 Å². The number of ether oxygens (including phenoxy) is 1. The van der Waals surface area contributed by atoms with Crippen LogP contribution in [0.5, 0.6) is 0 Å². The molecule has 0 fully saturated rings. The number of aromatic nitrogens is 2. The van der Waals surface area contributed by atoms with Crippen molar-refractivity contribution in [3.05, 3.63) is 46.8 Å². The van der Waals surface area contributed by atoms with Crippen LogP contribution in [0.3, 0.4) is 0 Å². The summed E-state index contributed by atoms with van der Waals surface area (Å²) in [5, 5.41) is 6.76. The summed E-state index contributed by atoms with van der Waals surface area (Å²) in [6, 6.07) is 2.79. The number of carbonyl (C=O) groups is 1. The largest absolute Gasteiger partial charge is 0.466 e. The number of alkyl halides is 6. The summed E-state index contributed by atoms with van der Waals surface area (Å²) in [6.45, 7) is 0.677. The molecule has 2 heterocycles. The quantitative estimate of drug-likeness (QED) is 0.799. The lowest BCUT2D eigenvalue weighted by Crippen LogP contribution is -2.32. The first-order valence-corrected chi connectivity index (χ1v) is 7.31. The lowest BCUT2D eigenvalue weighted by Gasteiger charge is -2.17. The van der Waals surface area contributed by atoms with Crippen molar-refractivity contribution in [2.75, 3.05) is 6.61 Å². The smallest absolute Gasteiger partial charge is 0.435 e. The number of benzene rings is 1. The predicted octanol–water partition coefficient (Wildman–Crippen LogP) is 3.03. The highest BCUT2D eigenvalue weighted by atomic mass is 19.4. The van der Waals surface area contributed by atoms with E-state index in [1.807, 2.05) is 0 Å². The first kappa shape index (κ1) is 18.7. The van der Waals surface area contributed by atoms with E-state index in [-0.39, 0.29) is 17.0 Å². The Balaban J connectivity index is 2.10. The van der Waals surface area contributed by atoms with Crippen LogP contribution in [-0.2, 0) is 21.9 Å². The third-order valence-electron chi connectivity index (χ3n) is 3.58. The van der Waals surface area contributed by atoms with E-state index in [1.54, 1.807) is 0 Å². The molecule has 3 rings (SSSR count). The van der Waals surface area contributed by atoms with Crippen molar-refractivity contribution in [2.45, 2.75) is 19.3 Å². The zero-order valence-corrected chi connectivity index (χ0v) is 13.4. The molecule has 1 N–H and O–H groups in total. The molecule has 0 atom stereocenters. The summed E-state index contributed by atoms with van der Waals surface area (Å²) in [4.78, 5) is 11.0. The van der Waals surface area contributed by atoms with E-state index >= 15 is 0 Å². The molecular formula is C15H10F6N4O2. The zero-order valence-electron chi connectivity index (χ0n) is 13.4. The Bertz CT molecular complexity index is 929. The van der Waals surface area contributed by atoms with Gasteiger partial charge in [-0.1, -0.05) is 0 Å². The Kier molecular flexibility index (Phi) is 4.36. The van der Waals surface area contributed by atoms with Crippen molar-refractivity contribution in [2.24, 2.45) is 5.10 Å². The molecule has 1 aromatic carbocycles. The van der Waals surface area contributed by atoms with Gasteiger partial charge < -0.3 is 4.74 Å². The molecule has 0 bridgehead atoms. The van der Waals surface area contributed by atoms with E-state index in [1.165, 1.54) is 6.07 Å². The molecule has 0 spiro atoms. The van der Waals surface area contributed by atoms with Gasteiger partial charge in [0.05, 0.1) is 11.3 Å². The number of aryl methyl sites for hydroxylation is 1. The Morgan fingerprint density at radius 2 is 1.85 bits per heavy atom. The minimum absolute atomic E-state index is 0.106. The number of hydrogen-bond donors (Lipinski definition) is 1. The molecule has 6 nitrogen and oxygen atoms in total. The lowest BCUT2D eigenvalue weighted by atomic mass is 10.1. The summed E-state index contributed by atoms with van der Waals surface area (Å²) in [7, 11) is 0. The summed E-state index contributed by atoms with van der Waals surface area (Å²) < 4.78 is 84.6. The number of hydrogen-bond acceptors (Lipinski definition) is 4. The SMILES string of the molecule is Cc1cn(-c2ccc(C3=NNC(=O)CO3)cc2C(F)(F)F)nc1C(F)(F)F. The Morgan fingerprint density at radius 3 is 2.37 bits per heavy atom. The molecule has 0 saturated carbocycles. The topological polar surface area (TPSA) is 68.5 Å². The van der Waals surface area contributed by atoms with E-state index < -0.39 is 41.8 Å². The van der Waals surface area contributed by atoms with Crippen LogP contribution in [0.1, 0.15) is 22.4 Å². The van der Waals surface area contributed by atoms with Gasteiger partial charge in [-0.2, -0.15) is 31.4 Å². The molecule has 144 valence electrons. The molecule has 0 saturated heterocycles. The van der Waals surface area contributed by atoms with Crippen molar-refractivity contribution in [3.63, 3.8) is 0 Å². The summed E-state index contributed by atoms with van der Waals surface area (Å²) in [5.41, 5.74) is -1.46. The van der Waals surface area contributed by atoms with Crippen LogP contribution in [0, 0.1) is 6.92 Å². The zero-order chi connectivity index (χ0) is 20.0. The number of nitrogens with one attached hydrogen (secondary N) is 1. The molecule has 0 radical (unpaired) electrons. The maximum atomic E-state index is 13.5. The van der Waals surface area contributed by atoms with Gasteiger partial charge in [-0.05, 0) is 30.7 Å². The van der Waals surface area contributed by atoms with Crippen LogP contribution in [0.15, 0.2) is 29.5 Å². The van der Waals surface area contributed by atoms with Gasteiger partial charge in [-0.15, -0.1) is 5.10 Å². The van der Waals surface area contributed by atoms with Crippen molar-refractivity contribution in [1.82, 2.24) is 15.2 Å². The second-order valence-electron chi connectivity index (χ2n) is 5.57. The van der Waals surface area contributed by atoms with Crippen LogP contribution in [0.2, 0.25) is 0 Å². The summed E-state index contributed by atoms with van der Waals surface area (Å²) in [6.07, 6.45) is -8.82. The molecule has 1 aromatic heterocycles. The van der Waals surface area contributed by atoms with Crippen molar-refractivity contribution in [3.8, 4) is 5.69 Å². The third kappa shape index (κ3) is 3.73. The van der Waals surface area contributed by atoms with Crippen LogP contribution in [-0.4, -0.2) is 28.2 Å². The van der Waals surface area contributed by atoms with Gasteiger partial charge in [0.1, 0.15) is 0 Å². The standard InChI is InChI=1S/C15H10F6N4O2/c1-7-5-25(24-12(7)15(19,20)21)10-3-2-8(4-9(10)14(16,17)18)13-23-22-11(26)6-27-13/h2-5H,6H2,1H3,(H,22,26). The third-order valence-corrected chi connectivity index (χ3v) is 3.58. The molecule has 27 heavy (non-hydrogen) atoms. The first-order valence-electron chi connectivity index (χ1n) is 7.31. The van der Waals surface area contributed by atoms with Crippen LogP contribution in [0.4, 0.5) is 26.3 Å². The van der Waals surface area contributed by atoms with Crippen molar-refractivity contribution >= 4 is 11.8 Å². The van der Waals surface area contributed by atoms with Crippen molar-refractivity contribution in [1.29, 1.82) is 0 Å². The van der Waals surface area contributed by atoms with E-state index in [0.29, 0.717) is 10.7 Å². The maximum Gasteiger partial charge on any atom is 0.435 e. The number of nitrogens with zero attached hydrogens (tertiary/aromatic N) is 3. The van der Waals surface area contributed by atoms with Crippen molar-refractivity contribution < 1.29 is 35.9 Å². The second-order valence-corrected chi connectivity index (χ2v) is 5.57. The highest BCUT2D eigenvalue weighted by Crippen LogP contribution is 2.36. The number of amides is 1. The highest BCUT2D eigenvalue weighted by molar-refractivity contribution is 5.98. The number of hydrazone groups is 1. The Labute approximate surface area is 147 Å². The average Bonchev–Trinajstić information content (AvgIpc) is 2.96. The van der Waals surface area contributed by atoms with E-state index in [9.17, 15) is 31.1 Å². The number of carbonyl (C=O) groups excluding carboxylic acids is 1. The predicted molar refractivity (Wildman–Crippen MR) is 78.9 cm³/mol. The van der Waals surface area contributed by atoms with Crippen LogP contribution >= 0.6 is 0 Å². The summed E-state index contributed by atoms with van der Waals surface area (Å²) >= 11 is 0. The monoisotopic (exact) mass is 392 g/mol. The Hall–Kier alpha value is -3.05. The molecular weight excluding hydrogens is 382 g/mol. The molecule has 1 amide bonds. The van der Waals surface area contributed by atoms with Gasteiger partial charge in [0.15, 0.2) is 12.3 Å². The molecule has 1 aliphatic rings. The second kappa shape index (κ2) is 6.28.